The topological polar surface area (TPSA) is 86.8 Å². The molecule has 10 heteroatoms. The highest BCUT2D eigenvalue weighted by molar-refractivity contribution is 9.10. The molecule has 2 aromatic rings. The Kier molecular flexibility index (Phi) is 9.75. The number of sulfonamides is 1. The molecule has 0 fully saturated rings. The van der Waals surface area contributed by atoms with Crippen LogP contribution in [0.5, 0.6) is 0 Å². The monoisotopic (exact) mass is 557 g/mol. The van der Waals surface area contributed by atoms with Crippen LogP contribution in [0.15, 0.2) is 46.9 Å². The molecule has 180 valence electrons. The van der Waals surface area contributed by atoms with Gasteiger partial charge in [-0.3, -0.25) is 13.9 Å². The van der Waals surface area contributed by atoms with Crippen molar-refractivity contribution >= 4 is 55.1 Å². The number of carbonyl (C=O) groups excluding carboxylic acids is 2. The van der Waals surface area contributed by atoms with Crippen LogP contribution in [0, 0.1) is 6.92 Å². The first kappa shape index (κ1) is 27.1. The number of aryl methyl sites for hydroxylation is 1. The average molecular weight is 559 g/mol. The standard InChI is InChI=1S/C23H29BrClN3O4S/c1-5-12-26-23(30)17(3)27(14-18-6-8-19(25)9-7-18)22(29)15-28(33(4,31)32)20-10-11-21(24)16(2)13-20/h6-11,13,17H,5,12,14-15H2,1-4H3,(H,26,30). The molecule has 2 rings (SSSR count). The summed E-state index contributed by atoms with van der Waals surface area (Å²) in [6.07, 6.45) is 1.81. The number of nitrogens with one attached hydrogen (secondary N) is 1. The van der Waals surface area contributed by atoms with Gasteiger partial charge in [0.05, 0.1) is 11.9 Å². The highest BCUT2D eigenvalue weighted by atomic mass is 79.9. The van der Waals surface area contributed by atoms with E-state index in [0.717, 1.165) is 32.6 Å². The van der Waals surface area contributed by atoms with Gasteiger partial charge in [0.15, 0.2) is 0 Å². The molecular formula is C23H29BrClN3O4S. The Morgan fingerprint density at radius 1 is 1.15 bits per heavy atom. The zero-order valence-electron chi connectivity index (χ0n) is 19.1. The first-order chi connectivity index (χ1) is 15.4. The molecule has 0 aliphatic carbocycles. The minimum absolute atomic E-state index is 0.133. The molecule has 2 amide bonds. The minimum Gasteiger partial charge on any atom is -0.354 e. The van der Waals surface area contributed by atoms with Gasteiger partial charge in [-0.25, -0.2) is 8.42 Å². The van der Waals surface area contributed by atoms with Gasteiger partial charge in [0, 0.05) is 22.6 Å². The van der Waals surface area contributed by atoms with Crippen LogP contribution in [0.4, 0.5) is 5.69 Å². The van der Waals surface area contributed by atoms with E-state index in [1.54, 1.807) is 49.4 Å². The van der Waals surface area contributed by atoms with Gasteiger partial charge in [-0.05, 0) is 61.7 Å². The second-order valence-electron chi connectivity index (χ2n) is 7.82. The largest absolute Gasteiger partial charge is 0.354 e. The molecule has 0 radical (unpaired) electrons. The maximum absolute atomic E-state index is 13.4. The van der Waals surface area contributed by atoms with Crippen LogP contribution in [0.1, 0.15) is 31.4 Å². The zero-order chi connectivity index (χ0) is 24.8. The first-order valence-corrected chi connectivity index (χ1v) is 13.5. The summed E-state index contributed by atoms with van der Waals surface area (Å²) in [5.41, 5.74) is 1.98. The van der Waals surface area contributed by atoms with Crippen molar-refractivity contribution in [3.8, 4) is 0 Å². The van der Waals surface area contributed by atoms with E-state index in [-0.39, 0.29) is 12.5 Å². The Labute approximate surface area is 209 Å². The minimum atomic E-state index is -3.76. The van der Waals surface area contributed by atoms with E-state index < -0.39 is 28.5 Å². The van der Waals surface area contributed by atoms with Crippen LogP contribution >= 0.6 is 27.5 Å². The molecule has 0 bridgehead atoms. The summed E-state index contributed by atoms with van der Waals surface area (Å²) in [7, 11) is -3.76. The lowest BCUT2D eigenvalue weighted by atomic mass is 10.1. The predicted molar refractivity (Wildman–Crippen MR) is 136 cm³/mol. The molecule has 0 heterocycles. The first-order valence-electron chi connectivity index (χ1n) is 10.5. The smallest absolute Gasteiger partial charge is 0.244 e. The Morgan fingerprint density at radius 3 is 2.33 bits per heavy atom. The van der Waals surface area contributed by atoms with Crippen molar-refractivity contribution in [3.05, 3.63) is 63.1 Å². The van der Waals surface area contributed by atoms with Gasteiger partial charge in [0.2, 0.25) is 21.8 Å². The molecule has 33 heavy (non-hydrogen) atoms. The van der Waals surface area contributed by atoms with Gasteiger partial charge in [-0.1, -0.05) is 46.6 Å². The van der Waals surface area contributed by atoms with Crippen molar-refractivity contribution in [3.63, 3.8) is 0 Å². The number of anilines is 1. The van der Waals surface area contributed by atoms with Crippen LogP contribution < -0.4 is 9.62 Å². The maximum Gasteiger partial charge on any atom is 0.244 e. The van der Waals surface area contributed by atoms with E-state index in [9.17, 15) is 18.0 Å². The van der Waals surface area contributed by atoms with Crippen LogP contribution in [0.3, 0.4) is 0 Å². The second-order valence-corrected chi connectivity index (χ2v) is 11.0. The number of hydrogen-bond donors (Lipinski definition) is 1. The summed E-state index contributed by atoms with van der Waals surface area (Å²) >= 11 is 9.37. The van der Waals surface area contributed by atoms with E-state index in [4.69, 9.17) is 11.6 Å². The van der Waals surface area contributed by atoms with Gasteiger partial charge < -0.3 is 10.2 Å². The molecule has 0 aromatic heterocycles. The third kappa shape index (κ3) is 7.72. The predicted octanol–water partition coefficient (Wildman–Crippen LogP) is 4.12. The highest BCUT2D eigenvalue weighted by Gasteiger charge is 2.30. The van der Waals surface area contributed by atoms with Crippen molar-refractivity contribution in [1.82, 2.24) is 10.2 Å². The molecule has 1 atom stereocenters. The number of nitrogens with zero attached hydrogens (tertiary/aromatic N) is 2. The van der Waals surface area contributed by atoms with Crippen LogP contribution in [-0.4, -0.2) is 50.5 Å². The summed E-state index contributed by atoms with van der Waals surface area (Å²) in [5, 5.41) is 3.36. The quantitative estimate of drug-likeness (QED) is 0.475. The summed E-state index contributed by atoms with van der Waals surface area (Å²) in [4.78, 5) is 27.5. The van der Waals surface area contributed by atoms with E-state index in [1.807, 2.05) is 13.8 Å². The highest BCUT2D eigenvalue weighted by Crippen LogP contribution is 2.25. The summed E-state index contributed by atoms with van der Waals surface area (Å²) < 4.78 is 27.0. The fourth-order valence-electron chi connectivity index (χ4n) is 3.16. The van der Waals surface area contributed by atoms with Crippen molar-refractivity contribution in [2.24, 2.45) is 0 Å². The van der Waals surface area contributed by atoms with E-state index >= 15 is 0 Å². The second kappa shape index (κ2) is 11.9. The average Bonchev–Trinajstić information content (AvgIpc) is 2.76. The Hall–Kier alpha value is -2.10. The van der Waals surface area contributed by atoms with Crippen molar-refractivity contribution in [1.29, 1.82) is 0 Å². The molecule has 0 spiro atoms. The number of benzene rings is 2. The molecule has 7 nitrogen and oxygen atoms in total. The Balaban J connectivity index is 2.38. The van der Waals surface area contributed by atoms with Crippen LogP contribution in [-0.2, 0) is 26.2 Å². The SMILES string of the molecule is CCCNC(=O)C(C)N(Cc1ccc(Cl)cc1)C(=O)CN(c1ccc(Br)c(C)c1)S(C)(=O)=O. The number of halogens is 2. The molecule has 1 unspecified atom stereocenters. The van der Waals surface area contributed by atoms with Crippen LogP contribution in [0.2, 0.25) is 5.02 Å². The third-order valence-electron chi connectivity index (χ3n) is 5.09. The summed E-state index contributed by atoms with van der Waals surface area (Å²) in [6.45, 7) is 5.59. The third-order valence-corrected chi connectivity index (χ3v) is 7.37. The number of hydrogen-bond acceptors (Lipinski definition) is 4. The summed E-state index contributed by atoms with van der Waals surface area (Å²) in [6, 6.07) is 11.2. The fourth-order valence-corrected chi connectivity index (χ4v) is 4.38. The number of rotatable bonds is 10. The van der Waals surface area contributed by atoms with Gasteiger partial charge in [0.25, 0.3) is 0 Å². The molecule has 1 N–H and O–H groups in total. The van der Waals surface area contributed by atoms with Crippen molar-refractivity contribution < 1.29 is 18.0 Å². The lowest BCUT2D eigenvalue weighted by molar-refractivity contribution is -0.139. The van der Waals surface area contributed by atoms with Gasteiger partial charge >= 0.3 is 0 Å². The van der Waals surface area contributed by atoms with E-state index in [1.165, 1.54) is 4.90 Å². The normalized spacial score (nSPS) is 12.2. The van der Waals surface area contributed by atoms with Gasteiger partial charge in [-0.15, -0.1) is 0 Å². The Morgan fingerprint density at radius 2 is 1.79 bits per heavy atom. The summed E-state index contributed by atoms with van der Waals surface area (Å²) in [5.74, 6) is -0.792. The lowest BCUT2D eigenvalue weighted by Gasteiger charge is -2.31. The maximum atomic E-state index is 13.4. The molecule has 0 saturated heterocycles. The number of amides is 2. The lowest BCUT2D eigenvalue weighted by Crippen LogP contribution is -2.51. The fraction of sp³-hybridized carbons (Fsp3) is 0.391. The molecular weight excluding hydrogens is 530 g/mol. The van der Waals surface area contributed by atoms with Gasteiger partial charge in [0.1, 0.15) is 12.6 Å². The van der Waals surface area contributed by atoms with Crippen molar-refractivity contribution in [2.45, 2.75) is 39.8 Å². The zero-order valence-corrected chi connectivity index (χ0v) is 22.3. The number of carbonyl (C=O) groups is 2. The molecule has 0 saturated carbocycles. The van der Waals surface area contributed by atoms with E-state index in [0.29, 0.717) is 17.3 Å². The molecule has 0 aliphatic rings. The Bertz CT molecular complexity index is 1090. The molecule has 2 aromatic carbocycles. The van der Waals surface area contributed by atoms with Crippen LogP contribution in [0.25, 0.3) is 0 Å². The van der Waals surface area contributed by atoms with Gasteiger partial charge in [-0.2, -0.15) is 0 Å². The molecule has 0 aliphatic heterocycles. The van der Waals surface area contributed by atoms with E-state index in [2.05, 4.69) is 21.2 Å². The van der Waals surface area contributed by atoms with Crippen molar-refractivity contribution in [2.75, 3.05) is 23.7 Å².